The van der Waals surface area contributed by atoms with E-state index in [9.17, 15) is 9.90 Å². The molecule has 1 amide bonds. The maximum absolute atomic E-state index is 11.7. The number of nitrogens with one attached hydrogen (secondary N) is 1. The summed E-state index contributed by atoms with van der Waals surface area (Å²) in [5.74, 6) is -0.189. The summed E-state index contributed by atoms with van der Waals surface area (Å²) in [6.07, 6.45) is 2.97. The molecule has 5 heteroatoms. The van der Waals surface area contributed by atoms with Gasteiger partial charge in [-0.1, -0.05) is 19.8 Å². The first-order valence-electron chi connectivity index (χ1n) is 6.37. The summed E-state index contributed by atoms with van der Waals surface area (Å²) in [5.41, 5.74) is 4.80. The van der Waals surface area contributed by atoms with Crippen molar-refractivity contribution in [2.24, 2.45) is 5.73 Å². The highest BCUT2D eigenvalue weighted by Gasteiger charge is 2.39. The van der Waals surface area contributed by atoms with Gasteiger partial charge >= 0.3 is 0 Å². The van der Waals surface area contributed by atoms with Gasteiger partial charge in [-0.05, 0) is 13.3 Å². The first-order chi connectivity index (χ1) is 7.99. The Balaban J connectivity index is 2.32. The van der Waals surface area contributed by atoms with Crippen LogP contribution in [0.4, 0.5) is 0 Å². The number of aliphatic hydroxyl groups is 1. The molecule has 100 valence electrons. The SMILES string of the molecule is CCCCC(N)C(=O)NCC1(O)CCOC1C. The highest BCUT2D eigenvalue weighted by Crippen LogP contribution is 2.24. The summed E-state index contributed by atoms with van der Waals surface area (Å²) < 4.78 is 5.29. The van der Waals surface area contributed by atoms with Crippen LogP contribution in [0, 0.1) is 0 Å². The molecule has 5 nitrogen and oxygen atoms in total. The Morgan fingerprint density at radius 1 is 1.71 bits per heavy atom. The molecule has 4 N–H and O–H groups in total. The molecule has 0 aliphatic carbocycles. The van der Waals surface area contributed by atoms with Gasteiger partial charge in [0, 0.05) is 19.6 Å². The first-order valence-corrected chi connectivity index (χ1v) is 6.37. The van der Waals surface area contributed by atoms with Gasteiger partial charge in [0.2, 0.25) is 5.91 Å². The van der Waals surface area contributed by atoms with Gasteiger partial charge in [-0.2, -0.15) is 0 Å². The Morgan fingerprint density at radius 2 is 2.41 bits per heavy atom. The zero-order valence-electron chi connectivity index (χ0n) is 10.7. The third-order valence-electron chi connectivity index (χ3n) is 3.43. The van der Waals surface area contributed by atoms with Crippen LogP contribution in [0.15, 0.2) is 0 Å². The van der Waals surface area contributed by atoms with Gasteiger partial charge in [0.25, 0.3) is 0 Å². The third-order valence-corrected chi connectivity index (χ3v) is 3.43. The largest absolute Gasteiger partial charge is 0.385 e. The van der Waals surface area contributed by atoms with Gasteiger partial charge < -0.3 is 20.9 Å². The molecule has 1 rings (SSSR count). The van der Waals surface area contributed by atoms with E-state index in [0.29, 0.717) is 19.4 Å². The van der Waals surface area contributed by atoms with Crippen molar-refractivity contribution < 1.29 is 14.6 Å². The molecular weight excluding hydrogens is 220 g/mol. The standard InChI is InChI=1S/C12H24N2O3/c1-3-4-5-10(13)11(15)14-8-12(16)6-7-17-9(12)2/h9-10,16H,3-8,13H2,1-2H3,(H,14,15). The normalized spacial score (nSPS) is 30.2. The number of ether oxygens (including phenoxy) is 1. The summed E-state index contributed by atoms with van der Waals surface area (Å²) in [6, 6.07) is -0.476. The van der Waals surface area contributed by atoms with E-state index in [1.165, 1.54) is 0 Å². The smallest absolute Gasteiger partial charge is 0.237 e. The summed E-state index contributed by atoms with van der Waals surface area (Å²) in [7, 11) is 0. The van der Waals surface area contributed by atoms with Crippen LogP contribution in [0.25, 0.3) is 0 Å². The van der Waals surface area contributed by atoms with E-state index < -0.39 is 11.6 Å². The zero-order chi connectivity index (χ0) is 12.9. The molecule has 1 aliphatic rings. The van der Waals surface area contributed by atoms with Gasteiger partial charge in [-0.25, -0.2) is 0 Å². The van der Waals surface area contributed by atoms with Crippen molar-refractivity contribution in [3.63, 3.8) is 0 Å². The average molecular weight is 244 g/mol. The first kappa shape index (κ1) is 14.4. The molecule has 17 heavy (non-hydrogen) atoms. The van der Waals surface area contributed by atoms with Gasteiger partial charge in [0.15, 0.2) is 0 Å². The highest BCUT2D eigenvalue weighted by molar-refractivity contribution is 5.81. The number of amides is 1. The van der Waals surface area contributed by atoms with Gasteiger partial charge in [-0.3, -0.25) is 4.79 Å². The lowest BCUT2D eigenvalue weighted by atomic mass is 9.96. The van der Waals surface area contributed by atoms with E-state index in [2.05, 4.69) is 12.2 Å². The molecule has 1 fully saturated rings. The molecule has 0 spiro atoms. The molecule has 0 bridgehead atoms. The van der Waals surface area contributed by atoms with Crippen molar-refractivity contribution in [2.45, 2.75) is 57.3 Å². The van der Waals surface area contributed by atoms with Crippen molar-refractivity contribution in [2.75, 3.05) is 13.2 Å². The molecule has 0 aromatic heterocycles. The van der Waals surface area contributed by atoms with Gasteiger partial charge in [-0.15, -0.1) is 0 Å². The number of nitrogens with two attached hydrogens (primary N) is 1. The Bertz CT molecular complexity index is 260. The number of carbonyl (C=O) groups excluding carboxylic acids is 1. The molecule has 0 radical (unpaired) electrons. The van der Waals surface area contributed by atoms with E-state index in [-0.39, 0.29) is 18.6 Å². The van der Waals surface area contributed by atoms with E-state index >= 15 is 0 Å². The van der Waals surface area contributed by atoms with Crippen LogP contribution in [-0.4, -0.2) is 41.9 Å². The molecule has 3 atom stereocenters. The predicted octanol–water partition coefficient (Wildman–Crippen LogP) is 0.160. The average Bonchev–Trinajstić information content (AvgIpc) is 2.64. The highest BCUT2D eigenvalue weighted by atomic mass is 16.5. The molecule has 0 aromatic rings. The van der Waals surface area contributed by atoms with E-state index in [0.717, 1.165) is 12.8 Å². The predicted molar refractivity (Wildman–Crippen MR) is 65.5 cm³/mol. The van der Waals surface area contributed by atoms with Crippen LogP contribution < -0.4 is 11.1 Å². The van der Waals surface area contributed by atoms with E-state index in [1.54, 1.807) is 0 Å². The number of hydrogen-bond acceptors (Lipinski definition) is 4. The lowest BCUT2D eigenvalue weighted by Gasteiger charge is -2.26. The second kappa shape index (κ2) is 6.33. The molecule has 1 heterocycles. The van der Waals surface area contributed by atoms with Crippen molar-refractivity contribution in [3.8, 4) is 0 Å². The van der Waals surface area contributed by atoms with Crippen LogP contribution in [0.3, 0.4) is 0 Å². The maximum Gasteiger partial charge on any atom is 0.237 e. The van der Waals surface area contributed by atoms with Gasteiger partial charge in [0.1, 0.15) is 5.60 Å². The van der Waals surface area contributed by atoms with Crippen LogP contribution in [-0.2, 0) is 9.53 Å². The number of hydrogen-bond donors (Lipinski definition) is 3. The Morgan fingerprint density at radius 3 is 2.94 bits per heavy atom. The fourth-order valence-electron chi connectivity index (χ4n) is 1.93. The molecule has 0 saturated carbocycles. The fourth-order valence-corrected chi connectivity index (χ4v) is 1.93. The van der Waals surface area contributed by atoms with Crippen molar-refractivity contribution in [1.82, 2.24) is 5.32 Å². The monoisotopic (exact) mass is 244 g/mol. The molecule has 3 unspecified atom stereocenters. The quantitative estimate of drug-likeness (QED) is 0.621. The van der Waals surface area contributed by atoms with E-state index in [4.69, 9.17) is 10.5 Å². The Labute approximate surface area is 103 Å². The van der Waals surface area contributed by atoms with Crippen molar-refractivity contribution in [1.29, 1.82) is 0 Å². The lowest BCUT2D eigenvalue weighted by molar-refractivity contribution is -0.124. The van der Waals surface area contributed by atoms with Crippen molar-refractivity contribution >= 4 is 5.91 Å². The molecule has 1 aliphatic heterocycles. The Hall–Kier alpha value is -0.650. The third kappa shape index (κ3) is 3.94. The molecule has 1 saturated heterocycles. The second-order valence-corrected chi connectivity index (χ2v) is 4.83. The number of rotatable bonds is 6. The Kier molecular flexibility index (Phi) is 5.36. The van der Waals surface area contributed by atoms with Gasteiger partial charge in [0.05, 0.1) is 12.1 Å². The van der Waals surface area contributed by atoms with Crippen molar-refractivity contribution in [3.05, 3.63) is 0 Å². The van der Waals surface area contributed by atoms with Crippen LogP contribution in [0.2, 0.25) is 0 Å². The minimum Gasteiger partial charge on any atom is -0.385 e. The minimum absolute atomic E-state index is 0.189. The summed E-state index contributed by atoms with van der Waals surface area (Å²) in [5, 5.41) is 12.9. The minimum atomic E-state index is -0.944. The zero-order valence-corrected chi connectivity index (χ0v) is 10.7. The number of unbranched alkanes of at least 4 members (excludes halogenated alkanes) is 1. The van der Waals surface area contributed by atoms with Crippen LogP contribution in [0.5, 0.6) is 0 Å². The summed E-state index contributed by atoms with van der Waals surface area (Å²) in [4.78, 5) is 11.7. The summed E-state index contributed by atoms with van der Waals surface area (Å²) >= 11 is 0. The maximum atomic E-state index is 11.7. The topological polar surface area (TPSA) is 84.6 Å². The fraction of sp³-hybridized carbons (Fsp3) is 0.917. The van der Waals surface area contributed by atoms with Crippen LogP contribution in [0.1, 0.15) is 39.5 Å². The summed E-state index contributed by atoms with van der Waals surface area (Å²) in [6.45, 7) is 4.63. The second-order valence-electron chi connectivity index (χ2n) is 4.83. The van der Waals surface area contributed by atoms with E-state index in [1.807, 2.05) is 6.92 Å². The molecule has 0 aromatic carbocycles. The molecular formula is C12H24N2O3. The van der Waals surface area contributed by atoms with Crippen LogP contribution >= 0.6 is 0 Å². The number of carbonyl (C=O) groups is 1. The lowest BCUT2D eigenvalue weighted by Crippen LogP contribution is -2.51.